The number of halogens is 14. The molecule has 0 radical (unpaired) electrons. The number of rotatable bonds is 25. The number of aromatic carboxylic acids is 1. The molecule has 4 fully saturated rings. The van der Waals surface area contributed by atoms with Gasteiger partial charge in [-0.1, -0.05) is 82.5 Å². The number of carboxylic acids is 1. The molecule has 0 saturated carbocycles. The predicted octanol–water partition coefficient (Wildman–Crippen LogP) is 20.3. The van der Waals surface area contributed by atoms with E-state index in [-0.39, 0.29) is 59.4 Å². The second-order valence-corrected chi connectivity index (χ2v) is 44.2. The topological polar surface area (TPSA) is 289 Å². The molecule has 0 amide bonds. The van der Waals surface area contributed by atoms with E-state index < -0.39 is 68.3 Å². The zero-order valence-corrected chi connectivity index (χ0v) is 72.6. The quantitative estimate of drug-likeness (QED) is 0.00676. The van der Waals surface area contributed by atoms with Crippen LogP contribution in [0, 0.1) is 50.8 Å². The van der Waals surface area contributed by atoms with E-state index in [1.165, 1.54) is 96.1 Å². The van der Waals surface area contributed by atoms with Crippen LogP contribution in [0.15, 0.2) is 148 Å². The molecule has 6 aromatic carbocycles. The summed E-state index contributed by atoms with van der Waals surface area (Å²) in [6.07, 6.45) is 9.10. The van der Waals surface area contributed by atoms with Gasteiger partial charge in [-0.15, -0.1) is 12.4 Å². The Labute approximate surface area is 690 Å². The Morgan fingerprint density at radius 3 is 1.28 bits per heavy atom. The van der Waals surface area contributed by atoms with E-state index in [1.807, 2.05) is 24.3 Å². The molecule has 629 valence electrons. The van der Waals surface area contributed by atoms with Crippen molar-refractivity contribution >= 4 is 128 Å². The molecular formula is C73H100BrClF10I2N10O12S2V. The molecule has 7 N–H and O–H groups in total. The van der Waals surface area contributed by atoms with Gasteiger partial charge in [0.25, 0.3) is 16.9 Å². The second-order valence-electron chi connectivity index (χ2n) is 26.8. The van der Waals surface area contributed by atoms with Crippen LogP contribution in [0.3, 0.4) is 0 Å². The van der Waals surface area contributed by atoms with E-state index >= 15 is 0 Å². The van der Waals surface area contributed by atoms with Crippen LogP contribution >= 0.6 is 88.7 Å². The Hall–Kier alpha value is -5.86. The van der Waals surface area contributed by atoms with Crippen LogP contribution in [-0.2, 0) is 9.47 Å². The number of aryl methyl sites for hydroxylation is 1. The molecule has 1 aromatic heterocycles. The maximum atomic E-state index is 13.2. The number of alkyl halides is 1. The van der Waals surface area contributed by atoms with Crippen LogP contribution < -0.4 is 41.3 Å². The number of carboxylic acid groups (broad SMARTS) is 1. The van der Waals surface area contributed by atoms with Gasteiger partial charge in [0, 0.05) is 87.3 Å². The van der Waals surface area contributed by atoms with Crippen LogP contribution in [0.2, 0.25) is 0 Å². The summed E-state index contributed by atoms with van der Waals surface area (Å²) in [5.41, 5.74) is 9.48. The number of aromatic nitrogens is 2. The number of hydrogen-bond acceptors (Lipinski definition) is 18. The zero-order chi connectivity index (χ0) is 82.9. The summed E-state index contributed by atoms with van der Waals surface area (Å²) in [5, 5.41) is 39.9. The summed E-state index contributed by atoms with van der Waals surface area (Å²) in [6, 6.07) is 28.0. The molecule has 4 aliphatic heterocycles. The Bertz CT molecular complexity index is 4110. The monoisotopic (exact) mass is 1980 g/mol. The number of fused-ring (bicyclic) bond motifs is 1. The molecule has 0 bridgehead atoms. The Kier molecular flexibility index (Phi) is 40.9. The van der Waals surface area contributed by atoms with Gasteiger partial charge in [0.1, 0.15) is 38.6 Å². The minimum atomic E-state index is -9.93. The van der Waals surface area contributed by atoms with Gasteiger partial charge in [0.05, 0.1) is 58.4 Å². The number of ether oxygens (including phenoxy) is 4. The van der Waals surface area contributed by atoms with Crippen LogP contribution in [0.5, 0.6) is 23.0 Å². The van der Waals surface area contributed by atoms with E-state index in [9.17, 15) is 68.7 Å². The Morgan fingerprint density at radius 2 is 0.955 bits per heavy atom. The number of nitrogens with zero attached hydrogens (tertiary/aromatic N) is 7. The molecule has 22 nitrogen and oxygen atoms in total. The first-order valence-electron chi connectivity index (χ1n) is 35.4. The van der Waals surface area contributed by atoms with Crippen molar-refractivity contribution in [2.75, 3.05) is 122 Å². The van der Waals surface area contributed by atoms with Crippen molar-refractivity contribution < 1.29 is 92.1 Å². The van der Waals surface area contributed by atoms with Gasteiger partial charge >= 0.3 is 75.8 Å². The minimum absolute atomic E-state index is 0. The van der Waals surface area contributed by atoms with Gasteiger partial charge in [0.2, 0.25) is 0 Å². The fraction of sp³-hybridized carbons (Fsp3) is 0.466. The molecule has 0 aliphatic carbocycles. The Morgan fingerprint density at radius 1 is 0.589 bits per heavy atom. The summed E-state index contributed by atoms with van der Waals surface area (Å²) in [5.74, 6) is 4.61. The van der Waals surface area contributed by atoms with Crippen LogP contribution in [-0.4, -0.2) is 161 Å². The van der Waals surface area contributed by atoms with Crippen molar-refractivity contribution in [3.8, 4) is 28.7 Å². The fourth-order valence-electron chi connectivity index (χ4n) is 11.5. The van der Waals surface area contributed by atoms with Crippen molar-refractivity contribution in [2.45, 2.75) is 95.8 Å². The molecular weight excluding hydrogens is 1880 g/mol. The van der Waals surface area contributed by atoms with Crippen molar-refractivity contribution in [1.29, 1.82) is 0 Å². The van der Waals surface area contributed by atoms with Gasteiger partial charge in [-0.3, -0.25) is 29.6 Å². The third-order valence-electron chi connectivity index (χ3n) is 17.3. The van der Waals surface area contributed by atoms with Crippen molar-refractivity contribution in [3.05, 3.63) is 175 Å². The van der Waals surface area contributed by atoms with E-state index in [0.29, 0.717) is 58.3 Å². The number of nitrogen functional groups attached to an aromatic ring is 2. The third-order valence-corrected chi connectivity index (χ3v) is 20.1. The second kappa shape index (κ2) is 45.6. The summed E-state index contributed by atoms with van der Waals surface area (Å²) >= 11 is 8.02. The van der Waals surface area contributed by atoms with Crippen LogP contribution in [0.25, 0.3) is 16.6 Å². The number of nitro groups is 2. The first kappa shape index (κ1) is 100. The number of hydrogen-bond donors (Lipinski definition) is 5. The SMILES string of the molecule is CC1CCN(CCCOc2ccc(N)cc2)C1.CC1CCN(CCCOc2ccc([N+](=O)[O-])cc2)C1.CC1CCNC1.CO.Cc1nc2ccc(S(F)(F)(F)(F)F)cc2c(=O)n1-c1ccc(OCCCN2CCC(C)C2)cc1.Cl.Nc1ccc(S(F)(F)(F)(F)F)cc1C(=O)O.O=[N+]([O-])c1ccc(OCCCBr)cc1.[I][V][I]. The van der Waals surface area contributed by atoms with Crippen molar-refractivity contribution in [2.24, 2.45) is 23.7 Å². The number of benzene rings is 6. The number of nitrogens with two attached hydrogens (primary N) is 2. The molecule has 7 aromatic rings. The fourth-order valence-corrected chi connectivity index (χ4v) is 13.1. The number of likely N-dealkylation sites (tertiary alicyclic amines) is 3. The van der Waals surface area contributed by atoms with Crippen LogP contribution in [0.1, 0.15) is 95.2 Å². The number of nitrogens with one attached hydrogen (secondary N) is 1. The van der Waals surface area contributed by atoms with Crippen LogP contribution in [0.4, 0.5) is 61.6 Å². The number of non-ortho nitro benzene ring substituents is 2. The Balaban J connectivity index is 0.000000363. The molecule has 112 heavy (non-hydrogen) atoms. The van der Waals surface area contributed by atoms with E-state index in [2.05, 4.69) is 109 Å². The summed E-state index contributed by atoms with van der Waals surface area (Å²) in [4.78, 5) is 50.5. The number of carbonyl (C=O) groups is 1. The number of anilines is 2. The number of nitro benzene ring substituents is 2. The summed E-state index contributed by atoms with van der Waals surface area (Å²) in [7, 11) is -18.2. The van der Waals surface area contributed by atoms with Gasteiger partial charge in [-0.2, -0.15) is 0 Å². The molecule has 0 spiro atoms. The molecule has 5 heterocycles. The first-order chi connectivity index (χ1) is 51.9. The standard InChI is InChI=1S/C23H26F5N3O2S.C14H20N2O3.C14H22N2O.C9H10BrNO3.C7H6F5NO2S.C5H11N.CH4O.ClH.2HI.V/c1-16-10-12-30(15-16)11-3-13-33-19-6-4-18(5-7-19)31-17(2)29-22-9-8-20(14-21(22)23(31)32)34(24,25,26,27)28;1-12-7-9-15(11-12)8-2-10-19-14-5-3-13(4-6-14)16(17)18;1-12-7-9-16(11-12)8-2-10-17-14-5-3-13(15)4-6-14;10-6-1-7-14-9-4-2-8(3-5-9)11(12)13;8-16(9,10,11,12)4-1-2-6(13)5(3-4)7(14)15;1-5-2-3-6-4-5;1-2;;;;/h4-9,14,16H,3,10-13,15H2,1-2H3;3-6,12H,2,7-11H2,1H3;3-6,12H,2,7-11,15H2,1H3;2-5H,1,6-7H2;1-3H,13H2,(H,14,15);5-6H,2-4H2,1H3;2H,1H3;3*1H;/q;;;;;;;;;;+2/p-2. The zero-order valence-electron chi connectivity index (χ0n) is 62.8. The number of aliphatic hydroxyl groups excluding tert-OH is 1. The van der Waals surface area contributed by atoms with Crippen molar-refractivity contribution in [3.63, 3.8) is 0 Å². The normalized spacial score (nSPS) is 17.9. The van der Waals surface area contributed by atoms with Gasteiger partial charge < -0.3 is 60.6 Å². The van der Waals surface area contributed by atoms with E-state index in [1.54, 1.807) is 48.5 Å². The van der Waals surface area contributed by atoms with Gasteiger partial charge in [-0.05, 0) is 224 Å². The van der Waals surface area contributed by atoms with Gasteiger partial charge in [-0.25, -0.2) is 9.78 Å². The van der Waals surface area contributed by atoms with E-state index in [4.69, 9.17) is 40.6 Å². The summed E-state index contributed by atoms with van der Waals surface area (Å²) in [6.45, 7) is 26.0. The molecule has 4 aliphatic rings. The summed E-state index contributed by atoms with van der Waals surface area (Å²) < 4.78 is 151. The van der Waals surface area contributed by atoms with Crippen molar-refractivity contribution in [1.82, 2.24) is 29.6 Å². The average molecular weight is 1980 g/mol. The molecule has 4 atom stereocenters. The molecule has 4 saturated heterocycles. The number of aliphatic hydroxyl groups is 1. The third kappa shape index (κ3) is 37.4. The average Bonchev–Trinajstić information content (AvgIpc) is 0.787. The predicted molar refractivity (Wildman–Crippen MR) is 445 cm³/mol. The maximum absolute atomic E-state index is 13.2. The molecule has 11 rings (SSSR count). The first-order valence-corrected chi connectivity index (χ1v) is 49.4. The molecule has 39 heteroatoms. The van der Waals surface area contributed by atoms with Gasteiger partial charge in [0.15, 0.2) is 0 Å². The molecule has 4 unspecified atom stereocenters. The van der Waals surface area contributed by atoms with E-state index in [0.717, 1.165) is 123 Å².